The summed E-state index contributed by atoms with van der Waals surface area (Å²) < 4.78 is 4.48. The van der Waals surface area contributed by atoms with Crippen molar-refractivity contribution in [3.63, 3.8) is 0 Å². The highest BCUT2D eigenvalue weighted by Gasteiger charge is 2.35. The van der Waals surface area contributed by atoms with Gasteiger partial charge in [-0.05, 0) is 6.42 Å². The number of ether oxygens (including phenoxy) is 1. The summed E-state index contributed by atoms with van der Waals surface area (Å²) in [6, 6.07) is 0. The fraction of sp³-hybridized carbons (Fsp3) is 0.583. The van der Waals surface area contributed by atoms with Crippen LogP contribution >= 0.6 is 0 Å². The third-order valence-corrected chi connectivity index (χ3v) is 2.77. The Morgan fingerprint density at radius 1 is 1.22 bits per heavy atom. The molecule has 0 aromatic heterocycles. The van der Waals surface area contributed by atoms with Gasteiger partial charge in [-0.3, -0.25) is 9.59 Å². The van der Waals surface area contributed by atoms with E-state index in [1.54, 1.807) is 0 Å². The van der Waals surface area contributed by atoms with Crippen molar-refractivity contribution in [1.29, 1.82) is 0 Å². The van der Waals surface area contributed by atoms with E-state index in [1.807, 2.05) is 6.92 Å². The number of carbonyl (C=O) groups excluding carboxylic acids is 3. The van der Waals surface area contributed by atoms with Crippen LogP contribution in [-0.4, -0.2) is 24.9 Å². The fourth-order valence-corrected chi connectivity index (χ4v) is 1.77. The maximum atomic E-state index is 11.4. The molecule has 0 heterocycles. The minimum absolute atomic E-state index is 0.134. The van der Waals surface area contributed by atoms with E-state index >= 15 is 0 Å². The molecule has 0 bridgehead atoms. The molecule has 0 saturated carbocycles. The molecule has 0 aliphatic carbocycles. The van der Waals surface area contributed by atoms with Crippen LogP contribution in [0.25, 0.3) is 0 Å². The summed E-state index contributed by atoms with van der Waals surface area (Å²) in [4.78, 5) is 34.2. The number of nitrogens with two attached hydrogens (primary N) is 2. The van der Waals surface area contributed by atoms with E-state index in [9.17, 15) is 14.4 Å². The van der Waals surface area contributed by atoms with Gasteiger partial charge in [0.05, 0.1) is 18.9 Å². The summed E-state index contributed by atoms with van der Waals surface area (Å²) in [6.07, 6.45) is 1.92. The number of hydrogen-bond acceptors (Lipinski definition) is 4. The molecule has 18 heavy (non-hydrogen) atoms. The fourth-order valence-electron chi connectivity index (χ4n) is 1.77. The van der Waals surface area contributed by atoms with E-state index in [-0.39, 0.29) is 5.57 Å². The van der Waals surface area contributed by atoms with Crippen LogP contribution in [0, 0.1) is 11.8 Å². The van der Waals surface area contributed by atoms with Crippen LogP contribution in [0.4, 0.5) is 0 Å². The summed E-state index contributed by atoms with van der Waals surface area (Å²) in [7, 11) is 1.16. The molecule has 4 N–H and O–H groups in total. The van der Waals surface area contributed by atoms with Crippen molar-refractivity contribution in [2.24, 2.45) is 23.3 Å². The molecular weight excluding hydrogens is 236 g/mol. The Bertz CT molecular complexity index is 352. The number of unbranched alkanes of at least 4 members (excludes halogenated alkanes) is 1. The van der Waals surface area contributed by atoms with Gasteiger partial charge < -0.3 is 16.2 Å². The van der Waals surface area contributed by atoms with Crippen LogP contribution in [0.3, 0.4) is 0 Å². The van der Waals surface area contributed by atoms with Crippen LogP contribution in [0.2, 0.25) is 0 Å². The monoisotopic (exact) mass is 256 g/mol. The molecule has 0 aliphatic heterocycles. The predicted molar refractivity (Wildman–Crippen MR) is 66.0 cm³/mol. The highest BCUT2D eigenvalue weighted by atomic mass is 16.5. The lowest BCUT2D eigenvalue weighted by Gasteiger charge is -2.22. The summed E-state index contributed by atoms with van der Waals surface area (Å²) in [5.41, 5.74) is 10.3. The van der Waals surface area contributed by atoms with Gasteiger partial charge in [0.15, 0.2) is 0 Å². The summed E-state index contributed by atoms with van der Waals surface area (Å²) in [5.74, 6) is -4.17. The number of hydrogen-bond donors (Lipinski definition) is 2. The third kappa shape index (κ3) is 4.20. The number of esters is 1. The van der Waals surface area contributed by atoms with Crippen molar-refractivity contribution in [2.75, 3.05) is 7.11 Å². The van der Waals surface area contributed by atoms with Crippen LogP contribution in [-0.2, 0) is 19.1 Å². The first-order chi connectivity index (χ1) is 8.36. The van der Waals surface area contributed by atoms with Gasteiger partial charge in [-0.1, -0.05) is 26.3 Å². The average Bonchev–Trinajstić information content (AvgIpc) is 2.31. The summed E-state index contributed by atoms with van der Waals surface area (Å²) in [5, 5.41) is 0. The van der Waals surface area contributed by atoms with Crippen molar-refractivity contribution in [3.05, 3.63) is 12.2 Å². The van der Waals surface area contributed by atoms with Crippen molar-refractivity contribution in [2.45, 2.75) is 26.2 Å². The second kappa shape index (κ2) is 7.47. The summed E-state index contributed by atoms with van der Waals surface area (Å²) in [6.45, 7) is 5.41. The topological polar surface area (TPSA) is 112 Å². The first kappa shape index (κ1) is 16.1. The number of primary amides is 2. The molecule has 0 aromatic carbocycles. The van der Waals surface area contributed by atoms with Crippen LogP contribution in [0.15, 0.2) is 12.2 Å². The highest BCUT2D eigenvalue weighted by Crippen LogP contribution is 2.25. The zero-order chi connectivity index (χ0) is 14.3. The molecule has 0 spiro atoms. The molecule has 0 aliphatic rings. The Hall–Kier alpha value is -1.85. The van der Waals surface area contributed by atoms with Gasteiger partial charge in [-0.25, -0.2) is 4.79 Å². The lowest BCUT2D eigenvalue weighted by molar-refractivity contribution is -0.139. The van der Waals surface area contributed by atoms with E-state index in [2.05, 4.69) is 11.3 Å². The summed E-state index contributed by atoms with van der Waals surface area (Å²) >= 11 is 0. The van der Waals surface area contributed by atoms with Gasteiger partial charge >= 0.3 is 5.97 Å². The number of amides is 2. The first-order valence-corrected chi connectivity index (χ1v) is 5.72. The van der Waals surface area contributed by atoms with Crippen LogP contribution < -0.4 is 11.5 Å². The number of carbonyl (C=O) groups is 3. The van der Waals surface area contributed by atoms with E-state index in [0.29, 0.717) is 12.8 Å². The molecular formula is C12H20N2O4. The maximum Gasteiger partial charge on any atom is 0.333 e. The molecule has 0 rings (SSSR count). The van der Waals surface area contributed by atoms with Gasteiger partial charge in [0.2, 0.25) is 11.8 Å². The van der Waals surface area contributed by atoms with Gasteiger partial charge in [-0.2, -0.15) is 0 Å². The molecule has 2 unspecified atom stereocenters. The Kier molecular flexibility index (Phi) is 6.70. The molecule has 2 amide bonds. The number of rotatable bonds is 8. The first-order valence-electron chi connectivity index (χ1n) is 5.72. The molecule has 6 nitrogen and oxygen atoms in total. The normalized spacial score (nSPS) is 13.4. The zero-order valence-corrected chi connectivity index (χ0v) is 10.8. The van der Waals surface area contributed by atoms with Gasteiger partial charge in [0.1, 0.15) is 0 Å². The molecule has 0 aromatic rings. The second-order valence-electron chi connectivity index (χ2n) is 4.05. The van der Waals surface area contributed by atoms with Crippen molar-refractivity contribution >= 4 is 17.8 Å². The minimum Gasteiger partial charge on any atom is -0.466 e. The van der Waals surface area contributed by atoms with Crippen LogP contribution in [0.5, 0.6) is 0 Å². The molecule has 0 radical (unpaired) electrons. The molecule has 6 heteroatoms. The lowest BCUT2D eigenvalue weighted by atomic mass is 9.82. The minimum atomic E-state index is -1.11. The van der Waals surface area contributed by atoms with E-state index < -0.39 is 29.6 Å². The van der Waals surface area contributed by atoms with Gasteiger partial charge in [-0.15, -0.1) is 0 Å². The van der Waals surface area contributed by atoms with E-state index in [0.717, 1.165) is 13.5 Å². The average molecular weight is 256 g/mol. The molecule has 0 fully saturated rings. The zero-order valence-electron chi connectivity index (χ0n) is 10.8. The maximum absolute atomic E-state index is 11.4. The quantitative estimate of drug-likeness (QED) is 0.474. The van der Waals surface area contributed by atoms with Gasteiger partial charge in [0.25, 0.3) is 0 Å². The van der Waals surface area contributed by atoms with Crippen molar-refractivity contribution < 1.29 is 19.1 Å². The Morgan fingerprint density at radius 2 is 1.78 bits per heavy atom. The smallest absolute Gasteiger partial charge is 0.333 e. The Morgan fingerprint density at radius 3 is 2.11 bits per heavy atom. The Balaban J connectivity index is 5.15. The van der Waals surface area contributed by atoms with E-state index in [1.165, 1.54) is 0 Å². The highest BCUT2D eigenvalue weighted by molar-refractivity contribution is 5.98. The van der Waals surface area contributed by atoms with Crippen LogP contribution in [0.1, 0.15) is 26.2 Å². The molecule has 2 atom stereocenters. The largest absolute Gasteiger partial charge is 0.466 e. The van der Waals surface area contributed by atoms with Gasteiger partial charge in [0, 0.05) is 5.57 Å². The third-order valence-electron chi connectivity index (χ3n) is 2.77. The molecule has 102 valence electrons. The van der Waals surface area contributed by atoms with E-state index in [4.69, 9.17) is 11.5 Å². The van der Waals surface area contributed by atoms with Crippen molar-refractivity contribution in [3.8, 4) is 0 Å². The standard InChI is InChI=1S/C12H20N2O4/c1-4-5-6-8(10(13)15)9(11(14)16)7(2)12(17)18-3/h8-9H,2,4-6H2,1,3H3,(H2,13,15)(H2,14,16). The second-order valence-corrected chi connectivity index (χ2v) is 4.05. The lowest BCUT2D eigenvalue weighted by Crippen LogP contribution is -2.40. The van der Waals surface area contributed by atoms with Crippen molar-refractivity contribution in [1.82, 2.24) is 0 Å². The molecule has 0 saturated heterocycles. The SMILES string of the molecule is C=C(C(=O)OC)C(C(N)=O)C(CCCC)C(N)=O. The number of methoxy groups -OCH3 is 1. The Labute approximate surface area is 106 Å². The predicted octanol–water partition coefficient (Wildman–Crippen LogP) is 0.109.